The first-order chi connectivity index (χ1) is 6.15. The molecule has 0 bridgehead atoms. The minimum Gasteiger partial charge on any atom is -0.394 e. The zero-order valence-corrected chi connectivity index (χ0v) is 8.21. The number of pyridine rings is 1. The molecule has 0 saturated carbocycles. The highest BCUT2D eigenvalue weighted by molar-refractivity contribution is 5.37. The molecule has 0 aromatic carbocycles. The predicted octanol–water partition coefficient (Wildman–Crippen LogP) is 1.54. The van der Waals surface area contributed by atoms with E-state index < -0.39 is 0 Å². The molecule has 0 saturated heterocycles. The third-order valence-electron chi connectivity index (χ3n) is 2.05. The molecular weight excluding hydrogens is 164 g/mol. The van der Waals surface area contributed by atoms with Crippen molar-refractivity contribution in [2.75, 3.05) is 5.73 Å². The van der Waals surface area contributed by atoms with Crippen LogP contribution in [0, 0.1) is 6.92 Å². The number of rotatable bonds is 3. The van der Waals surface area contributed by atoms with E-state index in [1.54, 1.807) is 13.1 Å². The Bertz CT molecular complexity index is 315. The van der Waals surface area contributed by atoms with Crippen molar-refractivity contribution >= 4 is 5.69 Å². The van der Waals surface area contributed by atoms with Gasteiger partial charge in [-0.1, -0.05) is 13.3 Å². The molecule has 0 spiro atoms. The summed E-state index contributed by atoms with van der Waals surface area (Å²) in [5, 5.41) is 0. The summed E-state index contributed by atoms with van der Waals surface area (Å²) in [6.45, 7) is 4.86. The van der Waals surface area contributed by atoms with Crippen molar-refractivity contribution < 1.29 is 0 Å². The molecule has 0 radical (unpaired) electrons. The fourth-order valence-electron chi connectivity index (χ4n) is 1.28. The van der Waals surface area contributed by atoms with Gasteiger partial charge in [-0.05, 0) is 13.3 Å². The SMILES string of the molecule is CCCCn1cc(C)c(=O)c(N)c1. The summed E-state index contributed by atoms with van der Waals surface area (Å²) >= 11 is 0. The maximum absolute atomic E-state index is 11.3. The van der Waals surface area contributed by atoms with Crippen molar-refractivity contribution in [1.29, 1.82) is 0 Å². The van der Waals surface area contributed by atoms with Crippen LogP contribution in [0.5, 0.6) is 0 Å². The van der Waals surface area contributed by atoms with Gasteiger partial charge >= 0.3 is 0 Å². The Labute approximate surface area is 78.2 Å². The first-order valence-corrected chi connectivity index (χ1v) is 4.61. The number of hydrogen-bond donors (Lipinski definition) is 1. The molecule has 1 rings (SSSR count). The van der Waals surface area contributed by atoms with Crippen molar-refractivity contribution in [2.45, 2.75) is 33.2 Å². The zero-order valence-electron chi connectivity index (χ0n) is 8.21. The van der Waals surface area contributed by atoms with Crippen LogP contribution in [0.1, 0.15) is 25.3 Å². The van der Waals surface area contributed by atoms with E-state index in [9.17, 15) is 4.79 Å². The summed E-state index contributed by atoms with van der Waals surface area (Å²) in [4.78, 5) is 11.3. The summed E-state index contributed by atoms with van der Waals surface area (Å²) in [7, 11) is 0. The summed E-state index contributed by atoms with van der Waals surface area (Å²) < 4.78 is 1.98. The molecule has 2 N–H and O–H groups in total. The molecule has 3 heteroatoms. The van der Waals surface area contributed by atoms with Crippen molar-refractivity contribution in [1.82, 2.24) is 4.57 Å². The Morgan fingerprint density at radius 1 is 1.46 bits per heavy atom. The number of unbranched alkanes of at least 4 members (excludes halogenated alkanes) is 1. The Hall–Kier alpha value is -1.25. The molecule has 72 valence electrons. The lowest BCUT2D eigenvalue weighted by Gasteiger charge is -2.07. The second-order valence-corrected chi connectivity index (χ2v) is 3.32. The molecule has 1 aromatic rings. The normalized spacial score (nSPS) is 10.3. The second kappa shape index (κ2) is 4.12. The lowest BCUT2D eigenvalue weighted by Crippen LogP contribution is -2.15. The maximum Gasteiger partial charge on any atom is 0.207 e. The number of anilines is 1. The van der Waals surface area contributed by atoms with Gasteiger partial charge in [0.2, 0.25) is 5.43 Å². The Balaban J connectivity index is 2.93. The largest absolute Gasteiger partial charge is 0.394 e. The fraction of sp³-hybridized carbons (Fsp3) is 0.500. The third kappa shape index (κ3) is 2.34. The number of aromatic nitrogens is 1. The number of nitrogens with zero attached hydrogens (tertiary/aromatic N) is 1. The van der Waals surface area contributed by atoms with E-state index in [0.29, 0.717) is 5.69 Å². The minimum atomic E-state index is -0.0484. The van der Waals surface area contributed by atoms with E-state index in [1.165, 1.54) is 0 Å². The number of hydrogen-bond acceptors (Lipinski definition) is 2. The third-order valence-corrected chi connectivity index (χ3v) is 2.05. The Morgan fingerprint density at radius 3 is 2.69 bits per heavy atom. The molecule has 1 aromatic heterocycles. The number of nitrogens with two attached hydrogens (primary N) is 1. The summed E-state index contributed by atoms with van der Waals surface area (Å²) in [6, 6.07) is 0. The zero-order chi connectivity index (χ0) is 9.84. The van der Waals surface area contributed by atoms with Gasteiger partial charge in [0.25, 0.3) is 0 Å². The van der Waals surface area contributed by atoms with E-state index in [4.69, 9.17) is 5.73 Å². The van der Waals surface area contributed by atoms with Crippen LogP contribution in [-0.2, 0) is 6.54 Å². The molecule has 13 heavy (non-hydrogen) atoms. The van der Waals surface area contributed by atoms with Crippen LogP contribution in [-0.4, -0.2) is 4.57 Å². The standard InChI is InChI=1S/C10H16N2O/c1-3-4-5-12-6-8(2)10(13)9(11)7-12/h6-7H,3-5,11H2,1-2H3. The molecule has 0 atom stereocenters. The highest BCUT2D eigenvalue weighted by Crippen LogP contribution is 2.00. The van der Waals surface area contributed by atoms with Gasteiger partial charge in [-0.15, -0.1) is 0 Å². The smallest absolute Gasteiger partial charge is 0.207 e. The number of aryl methyl sites for hydroxylation is 2. The van der Waals surface area contributed by atoms with Crippen molar-refractivity contribution in [3.05, 3.63) is 28.2 Å². The van der Waals surface area contributed by atoms with Gasteiger partial charge in [0.15, 0.2) is 0 Å². The van der Waals surface area contributed by atoms with Gasteiger partial charge in [0.1, 0.15) is 0 Å². The van der Waals surface area contributed by atoms with Crippen LogP contribution in [0.3, 0.4) is 0 Å². The molecule has 0 aliphatic heterocycles. The minimum absolute atomic E-state index is 0.0484. The predicted molar refractivity (Wildman–Crippen MR) is 54.8 cm³/mol. The van der Waals surface area contributed by atoms with Crippen molar-refractivity contribution in [3.63, 3.8) is 0 Å². The van der Waals surface area contributed by atoms with E-state index in [0.717, 1.165) is 24.9 Å². The van der Waals surface area contributed by atoms with E-state index in [-0.39, 0.29) is 5.43 Å². The van der Waals surface area contributed by atoms with Gasteiger partial charge in [0.05, 0.1) is 5.69 Å². The van der Waals surface area contributed by atoms with E-state index >= 15 is 0 Å². The fourth-order valence-corrected chi connectivity index (χ4v) is 1.28. The lowest BCUT2D eigenvalue weighted by atomic mass is 10.2. The monoisotopic (exact) mass is 180 g/mol. The van der Waals surface area contributed by atoms with E-state index in [2.05, 4.69) is 6.92 Å². The van der Waals surface area contributed by atoms with Crippen LogP contribution in [0.15, 0.2) is 17.2 Å². The molecular formula is C10H16N2O. The quantitative estimate of drug-likeness (QED) is 0.767. The van der Waals surface area contributed by atoms with Crippen LogP contribution in [0.2, 0.25) is 0 Å². The highest BCUT2D eigenvalue weighted by Gasteiger charge is 1.99. The van der Waals surface area contributed by atoms with Crippen molar-refractivity contribution in [2.24, 2.45) is 0 Å². The Morgan fingerprint density at radius 2 is 2.15 bits per heavy atom. The highest BCUT2D eigenvalue weighted by atomic mass is 16.1. The van der Waals surface area contributed by atoms with Gasteiger partial charge in [0, 0.05) is 24.5 Å². The van der Waals surface area contributed by atoms with Crippen LogP contribution in [0.25, 0.3) is 0 Å². The van der Waals surface area contributed by atoms with Gasteiger partial charge in [-0.25, -0.2) is 0 Å². The van der Waals surface area contributed by atoms with Crippen LogP contribution >= 0.6 is 0 Å². The molecule has 1 heterocycles. The molecule has 0 amide bonds. The molecule has 3 nitrogen and oxygen atoms in total. The molecule has 0 fully saturated rings. The molecule has 0 unspecified atom stereocenters. The molecule has 0 aliphatic carbocycles. The van der Waals surface area contributed by atoms with Gasteiger partial charge in [-0.2, -0.15) is 0 Å². The first-order valence-electron chi connectivity index (χ1n) is 4.61. The van der Waals surface area contributed by atoms with Crippen molar-refractivity contribution in [3.8, 4) is 0 Å². The lowest BCUT2D eigenvalue weighted by molar-refractivity contribution is 0.627. The summed E-state index contributed by atoms with van der Waals surface area (Å²) in [6.07, 6.45) is 5.83. The van der Waals surface area contributed by atoms with Crippen LogP contribution in [0.4, 0.5) is 5.69 Å². The van der Waals surface area contributed by atoms with Crippen LogP contribution < -0.4 is 11.2 Å². The topological polar surface area (TPSA) is 48.0 Å². The van der Waals surface area contributed by atoms with Gasteiger partial charge < -0.3 is 10.3 Å². The number of nitrogen functional groups attached to an aromatic ring is 1. The summed E-state index contributed by atoms with van der Waals surface area (Å²) in [5.41, 5.74) is 6.57. The maximum atomic E-state index is 11.3. The van der Waals surface area contributed by atoms with Gasteiger partial charge in [-0.3, -0.25) is 4.79 Å². The first kappa shape index (κ1) is 9.84. The Kier molecular flexibility index (Phi) is 3.12. The van der Waals surface area contributed by atoms with E-state index in [1.807, 2.05) is 10.8 Å². The average molecular weight is 180 g/mol. The molecule has 0 aliphatic rings. The summed E-state index contributed by atoms with van der Waals surface area (Å²) in [5.74, 6) is 0. The second-order valence-electron chi connectivity index (χ2n) is 3.32. The average Bonchev–Trinajstić information content (AvgIpc) is 2.10.